The van der Waals surface area contributed by atoms with Gasteiger partial charge in [0.25, 0.3) is 0 Å². The van der Waals surface area contributed by atoms with Crippen LogP contribution in [0.1, 0.15) is 60.3 Å². The summed E-state index contributed by atoms with van der Waals surface area (Å²) in [4.78, 5) is 42.2. The molecule has 1 aliphatic heterocycles. The first-order chi connectivity index (χ1) is 16.0. The molecule has 198 valence electrons. The van der Waals surface area contributed by atoms with E-state index >= 15 is 0 Å². The molecule has 2 amide bonds. The average Bonchev–Trinajstić information content (AvgIpc) is 3.31. The molecule has 1 saturated heterocycles. The Morgan fingerprint density at radius 3 is 2.18 bits per heavy atom. The van der Waals surface area contributed by atoms with Crippen LogP contribution in [0.15, 0.2) is 0 Å². The maximum Gasteiger partial charge on any atom is 0.311 e. The first-order valence-electron chi connectivity index (χ1n) is 12.4. The van der Waals surface area contributed by atoms with E-state index in [1.54, 1.807) is 38.0 Å². The van der Waals surface area contributed by atoms with Gasteiger partial charge in [0.05, 0.1) is 49.8 Å². The lowest BCUT2D eigenvalue weighted by Crippen LogP contribution is -2.56. The molecule has 9 heteroatoms. The van der Waals surface area contributed by atoms with E-state index in [1.807, 2.05) is 13.8 Å². The molecule has 2 N–H and O–H groups in total. The standard InChI is InChI=1S/C25H47N3O6/c1-10-16(4)22(27(6)24(30)21(26)15(2)3)19(32-7)14-20(29)28-13-11-12-18(28)23(33-8)17(5)25(31)34-9/h15-19,21-23H,10-14,26H2,1-9H3/t16-,17+,18-,19+,21-,22-,23+/m0/s1. The zero-order valence-electron chi connectivity index (χ0n) is 22.6. The van der Waals surface area contributed by atoms with Crippen molar-refractivity contribution >= 4 is 17.8 Å². The van der Waals surface area contributed by atoms with E-state index in [1.165, 1.54) is 7.11 Å². The summed E-state index contributed by atoms with van der Waals surface area (Å²) in [6.07, 6.45) is 1.58. The summed E-state index contributed by atoms with van der Waals surface area (Å²) in [5.74, 6) is -0.981. The molecule has 0 aromatic rings. The Balaban J connectivity index is 3.11. The van der Waals surface area contributed by atoms with Gasteiger partial charge < -0.3 is 29.7 Å². The highest BCUT2D eigenvalue weighted by molar-refractivity contribution is 5.82. The topological polar surface area (TPSA) is 111 Å². The van der Waals surface area contributed by atoms with Gasteiger partial charge in [0.2, 0.25) is 11.8 Å². The zero-order chi connectivity index (χ0) is 26.2. The molecule has 0 spiro atoms. The van der Waals surface area contributed by atoms with Crippen LogP contribution in [0.4, 0.5) is 0 Å². The van der Waals surface area contributed by atoms with Crippen molar-refractivity contribution in [2.24, 2.45) is 23.5 Å². The Morgan fingerprint density at radius 1 is 1.09 bits per heavy atom. The van der Waals surface area contributed by atoms with Crippen molar-refractivity contribution in [2.45, 2.75) is 90.6 Å². The highest BCUT2D eigenvalue weighted by Crippen LogP contribution is 2.29. The summed E-state index contributed by atoms with van der Waals surface area (Å²) < 4.78 is 16.4. The van der Waals surface area contributed by atoms with Crippen molar-refractivity contribution < 1.29 is 28.6 Å². The van der Waals surface area contributed by atoms with Crippen LogP contribution >= 0.6 is 0 Å². The molecule has 0 aromatic carbocycles. The third-order valence-electron chi connectivity index (χ3n) is 7.42. The van der Waals surface area contributed by atoms with Gasteiger partial charge in [0.15, 0.2) is 0 Å². The van der Waals surface area contributed by atoms with E-state index in [0.29, 0.717) is 6.54 Å². The second-order valence-electron chi connectivity index (χ2n) is 9.88. The van der Waals surface area contributed by atoms with E-state index in [4.69, 9.17) is 19.9 Å². The number of nitrogens with zero attached hydrogens (tertiary/aromatic N) is 2. The Hall–Kier alpha value is -1.71. The Bertz CT molecular complexity index is 673. The smallest absolute Gasteiger partial charge is 0.311 e. The fraction of sp³-hybridized carbons (Fsp3) is 0.880. The Morgan fingerprint density at radius 2 is 1.71 bits per heavy atom. The fourth-order valence-corrected chi connectivity index (χ4v) is 5.00. The van der Waals surface area contributed by atoms with Crippen LogP contribution in [0.2, 0.25) is 0 Å². The number of carbonyl (C=O) groups excluding carboxylic acids is 3. The predicted octanol–water partition coefficient (Wildman–Crippen LogP) is 2.06. The van der Waals surface area contributed by atoms with Crippen molar-refractivity contribution in [3.63, 3.8) is 0 Å². The van der Waals surface area contributed by atoms with Gasteiger partial charge in [0, 0.05) is 27.8 Å². The number of likely N-dealkylation sites (tertiary alicyclic amines) is 1. The number of hydrogen-bond donors (Lipinski definition) is 1. The molecular formula is C25H47N3O6. The molecule has 1 fully saturated rings. The molecule has 34 heavy (non-hydrogen) atoms. The molecule has 1 rings (SSSR count). The number of ether oxygens (including phenoxy) is 3. The third kappa shape index (κ3) is 7.15. The molecular weight excluding hydrogens is 438 g/mol. The predicted molar refractivity (Wildman–Crippen MR) is 131 cm³/mol. The molecule has 0 saturated carbocycles. The van der Waals surface area contributed by atoms with Crippen molar-refractivity contribution in [1.82, 2.24) is 9.80 Å². The summed E-state index contributed by atoms with van der Waals surface area (Å²) in [5.41, 5.74) is 6.15. The maximum absolute atomic E-state index is 13.5. The lowest BCUT2D eigenvalue weighted by molar-refractivity contribution is -0.154. The lowest BCUT2D eigenvalue weighted by Gasteiger charge is -2.40. The largest absolute Gasteiger partial charge is 0.469 e. The minimum atomic E-state index is -0.616. The number of nitrogens with two attached hydrogens (primary N) is 1. The molecule has 0 bridgehead atoms. The van der Waals surface area contributed by atoms with Crippen molar-refractivity contribution in [3.05, 3.63) is 0 Å². The van der Waals surface area contributed by atoms with Gasteiger partial charge in [-0.15, -0.1) is 0 Å². The minimum absolute atomic E-state index is 0.00305. The van der Waals surface area contributed by atoms with Gasteiger partial charge in [0.1, 0.15) is 0 Å². The van der Waals surface area contributed by atoms with E-state index in [-0.39, 0.29) is 48.1 Å². The van der Waals surface area contributed by atoms with Crippen LogP contribution in [-0.4, -0.2) is 92.8 Å². The van der Waals surface area contributed by atoms with Gasteiger partial charge >= 0.3 is 5.97 Å². The summed E-state index contributed by atoms with van der Waals surface area (Å²) in [7, 11) is 6.23. The monoisotopic (exact) mass is 485 g/mol. The number of rotatable bonds is 13. The van der Waals surface area contributed by atoms with Crippen LogP contribution in [0.5, 0.6) is 0 Å². The van der Waals surface area contributed by atoms with E-state index in [0.717, 1.165) is 19.3 Å². The first kappa shape index (κ1) is 30.3. The van der Waals surface area contributed by atoms with Crippen molar-refractivity contribution in [1.29, 1.82) is 0 Å². The molecule has 1 aliphatic rings. The molecule has 0 radical (unpaired) electrons. The number of likely N-dealkylation sites (N-methyl/N-ethyl adjacent to an activating group) is 1. The molecule has 9 nitrogen and oxygen atoms in total. The Labute approximate surface area is 205 Å². The molecule has 1 heterocycles. The van der Waals surface area contributed by atoms with Crippen LogP contribution < -0.4 is 5.73 Å². The molecule has 0 aromatic heterocycles. The summed E-state index contributed by atoms with van der Waals surface area (Å²) >= 11 is 0. The van der Waals surface area contributed by atoms with Crippen LogP contribution in [0.25, 0.3) is 0 Å². The highest BCUT2D eigenvalue weighted by Gasteiger charge is 2.42. The van der Waals surface area contributed by atoms with Gasteiger partial charge in [-0.05, 0) is 31.6 Å². The summed E-state index contributed by atoms with van der Waals surface area (Å²) in [6.45, 7) is 10.3. The summed E-state index contributed by atoms with van der Waals surface area (Å²) in [5, 5.41) is 0. The second kappa shape index (κ2) is 14.0. The van der Waals surface area contributed by atoms with Gasteiger partial charge in [-0.1, -0.05) is 34.1 Å². The highest BCUT2D eigenvalue weighted by atomic mass is 16.5. The number of carbonyl (C=O) groups is 3. The third-order valence-corrected chi connectivity index (χ3v) is 7.42. The number of amides is 2. The van der Waals surface area contributed by atoms with Crippen molar-refractivity contribution in [3.8, 4) is 0 Å². The van der Waals surface area contributed by atoms with Crippen LogP contribution in [0, 0.1) is 17.8 Å². The fourth-order valence-electron chi connectivity index (χ4n) is 5.00. The number of esters is 1. The average molecular weight is 486 g/mol. The quantitative estimate of drug-likeness (QED) is 0.398. The SMILES string of the molecule is CC[C@H](C)[C@@H]([C@@H](CC(=O)N1CCC[C@H]1[C@H](OC)[C@@H](C)C(=O)OC)OC)N(C)C(=O)[C@@H](N)C(C)C. The minimum Gasteiger partial charge on any atom is -0.469 e. The maximum atomic E-state index is 13.5. The molecule has 0 aliphatic carbocycles. The normalized spacial score (nSPS) is 21.5. The van der Waals surface area contributed by atoms with Gasteiger partial charge in [-0.3, -0.25) is 14.4 Å². The van der Waals surface area contributed by atoms with Crippen molar-refractivity contribution in [2.75, 3.05) is 34.9 Å². The van der Waals surface area contributed by atoms with E-state index < -0.39 is 24.2 Å². The second-order valence-corrected chi connectivity index (χ2v) is 9.88. The summed E-state index contributed by atoms with van der Waals surface area (Å²) in [6, 6.07) is -1.14. The zero-order valence-corrected chi connectivity index (χ0v) is 22.6. The van der Waals surface area contributed by atoms with E-state index in [2.05, 4.69) is 13.8 Å². The Kier molecular flexibility index (Phi) is 12.5. The number of methoxy groups -OCH3 is 3. The molecule has 7 atom stereocenters. The van der Waals surface area contributed by atoms with Crippen LogP contribution in [-0.2, 0) is 28.6 Å². The van der Waals surface area contributed by atoms with E-state index in [9.17, 15) is 14.4 Å². The number of hydrogen-bond acceptors (Lipinski definition) is 7. The molecule has 0 unspecified atom stereocenters. The van der Waals surface area contributed by atoms with Gasteiger partial charge in [-0.25, -0.2) is 0 Å². The van der Waals surface area contributed by atoms with Crippen LogP contribution in [0.3, 0.4) is 0 Å². The van der Waals surface area contributed by atoms with Gasteiger partial charge in [-0.2, -0.15) is 0 Å². The first-order valence-corrected chi connectivity index (χ1v) is 12.4. The lowest BCUT2D eigenvalue weighted by atomic mass is 9.89.